The van der Waals surface area contributed by atoms with E-state index in [1.807, 2.05) is 0 Å². The van der Waals surface area contributed by atoms with Crippen LogP contribution in [0.15, 0.2) is 12.3 Å². The van der Waals surface area contributed by atoms with E-state index in [2.05, 4.69) is 22.9 Å². The second-order valence-corrected chi connectivity index (χ2v) is 5.17. The highest BCUT2D eigenvalue weighted by Gasteiger charge is 2.32. The Morgan fingerprint density at radius 2 is 2.39 bits per heavy atom. The van der Waals surface area contributed by atoms with Crippen LogP contribution in [0.1, 0.15) is 25.3 Å². The first kappa shape index (κ1) is 13.1. The number of rotatable bonds is 2. The molecule has 2 heterocycles. The number of halogens is 1. The highest BCUT2D eigenvalue weighted by molar-refractivity contribution is 6.34. The van der Waals surface area contributed by atoms with Crippen molar-refractivity contribution in [3.05, 3.63) is 22.8 Å². The summed E-state index contributed by atoms with van der Waals surface area (Å²) in [5, 5.41) is 9.42. The zero-order valence-corrected chi connectivity index (χ0v) is 11.4. The number of ether oxygens (including phenoxy) is 1. The summed E-state index contributed by atoms with van der Waals surface area (Å²) >= 11 is 6.21. The van der Waals surface area contributed by atoms with Gasteiger partial charge in [0.05, 0.1) is 11.2 Å². The third kappa shape index (κ3) is 2.43. The molecule has 5 heteroatoms. The van der Waals surface area contributed by atoms with E-state index in [1.165, 1.54) is 0 Å². The van der Waals surface area contributed by atoms with Crippen LogP contribution in [-0.4, -0.2) is 30.8 Å². The van der Waals surface area contributed by atoms with Crippen LogP contribution in [0, 0.1) is 11.3 Å². The summed E-state index contributed by atoms with van der Waals surface area (Å²) in [5.41, 5.74) is 0.290. The van der Waals surface area contributed by atoms with E-state index < -0.39 is 0 Å². The molecule has 0 amide bonds. The number of piperidine rings is 1. The summed E-state index contributed by atoms with van der Waals surface area (Å²) in [4.78, 5) is 6.39. The molecule has 1 aromatic rings. The maximum atomic E-state index is 8.98. The first-order valence-corrected chi connectivity index (χ1v) is 6.32. The largest absolute Gasteiger partial charge is 0.377 e. The molecule has 0 saturated carbocycles. The van der Waals surface area contributed by atoms with Gasteiger partial charge < -0.3 is 9.64 Å². The SMILES string of the molecule is COC1(C)CCCN(c2nccc(C#N)c2Cl)C1. The molecule has 18 heavy (non-hydrogen) atoms. The summed E-state index contributed by atoms with van der Waals surface area (Å²) < 4.78 is 5.55. The molecule has 1 fully saturated rings. The molecule has 1 aliphatic heterocycles. The molecule has 0 bridgehead atoms. The number of nitriles is 1. The van der Waals surface area contributed by atoms with Crippen molar-refractivity contribution in [3.63, 3.8) is 0 Å². The molecule has 1 aliphatic rings. The fourth-order valence-electron chi connectivity index (χ4n) is 2.29. The Labute approximate surface area is 112 Å². The Hall–Kier alpha value is -1.31. The molecule has 0 spiro atoms. The third-order valence-corrected chi connectivity index (χ3v) is 3.82. The number of hydrogen-bond acceptors (Lipinski definition) is 4. The third-order valence-electron chi connectivity index (χ3n) is 3.44. The minimum Gasteiger partial charge on any atom is -0.377 e. The van der Waals surface area contributed by atoms with Crippen LogP contribution in [0.3, 0.4) is 0 Å². The van der Waals surface area contributed by atoms with Crippen molar-refractivity contribution in [2.75, 3.05) is 25.1 Å². The molecule has 96 valence electrons. The van der Waals surface area contributed by atoms with Crippen molar-refractivity contribution in [2.24, 2.45) is 0 Å². The molecular formula is C13H16ClN3O. The van der Waals surface area contributed by atoms with E-state index >= 15 is 0 Å². The molecule has 0 aliphatic carbocycles. The van der Waals surface area contributed by atoms with Crippen molar-refractivity contribution in [1.29, 1.82) is 5.26 Å². The van der Waals surface area contributed by atoms with Gasteiger partial charge in [-0.1, -0.05) is 11.6 Å². The maximum Gasteiger partial charge on any atom is 0.148 e. The second-order valence-electron chi connectivity index (χ2n) is 4.79. The van der Waals surface area contributed by atoms with E-state index in [-0.39, 0.29) is 5.60 Å². The van der Waals surface area contributed by atoms with Crippen molar-refractivity contribution >= 4 is 17.4 Å². The highest BCUT2D eigenvalue weighted by atomic mass is 35.5. The zero-order chi connectivity index (χ0) is 13.2. The number of nitrogens with zero attached hydrogens (tertiary/aromatic N) is 3. The molecule has 2 rings (SSSR count). The Morgan fingerprint density at radius 3 is 3.06 bits per heavy atom. The van der Waals surface area contributed by atoms with Gasteiger partial charge in [0, 0.05) is 26.4 Å². The van der Waals surface area contributed by atoms with Gasteiger partial charge in [0.25, 0.3) is 0 Å². The molecule has 4 nitrogen and oxygen atoms in total. The second kappa shape index (κ2) is 5.13. The van der Waals surface area contributed by atoms with Gasteiger partial charge >= 0.3 is 0 Å². The molecular weight excluding hydrogens is 250 g/mol. The average Bonchev–Trinajstić information content (AvgIpc) is 2.39. The maximum absolute atomic E-state index is 8.98. The standard InChI is InChI=1S/C13H16ClN3O/c1-13(18-2)5-3-7-17(9-13)12-11(14)10(8-15)4-6-16-12/h4,6H,3,5,7,9H2,1-2H3. The minimum absolute atomic E-state index is 0.175. The van der Waals surface area contributed by atoms with Gasteiger partial charge in [-0.3, -0.25) is 0 Å². The normalized spacial score (nSPS) is 23.8. The lowest BCUT2D eigenvalue weighted by molar-refractivity contribution is -0.00480. The number of pyridine rings is 1. The number of aromatic nitrogens is 1. The van der Waals surface area contributed by atoms with Crippen LogP contribution in [0.5, 0.6) is 0 Å². The zero-order valence-electron chi connectivity index (χ0n) is 10.6. The van der Waals surface area contributed by atoms with Crippen LogP contribution in [0.25, 0.3) is 0 Å². The Bertz CT molecular complexity index is 486. The summed E-state index contributed by atoms with van der Waals surface area (Å²) in [5.74, 6) is 0.679. The van der Waals surface area contributed by atoms with Crippen LogP contribution in [0.2, 0.25) is 5.02 Å². The van der Waals surface area contributed by atoms with Crippen LogP contribution in [-0.2, 0) is 4.74 Å². The van der Waals surface area contributed by atoms with Gasteiger partial charge in [0.15, 0.2) is 0 Å². The van der Waals surface area contributed by atoms with Crippen molar-refractivity contribution in [3.8, 4) is 6.07 Å². The van der Waals surface area contributed by atoms with Crippen molar-refractivity contribution in [1.82, 2.24) is 4.98 Å². The predicted molar refractivity (Wildman–Crippen MR) is 70.8 cm³/mol. The van der Waals surface area contributed by atoms with Crippen LogP contribution in [0.4, 0.5) is 5.82 Å². The van der Waals surface area contributed by atoms with E-state index in [4.69, 9.17) is 21.6 Å². The molecule has 1 unspecified atom stereocenters. The van der Waals surface area contributed by atoms with Crippen molar-refractivity contribution < 1.29 is 4.74 Å². The van der Waals surface area contributed by atoms with Gasteiger partial charge in [-0.15, -0.1) is 0 Å². The smallest absolute Gasteiger partial charge is 0.148 e. The van der Waals surface area contributed by atoms with E-state index in [0.717, 1.165) is 25.9 Å². The summed E-state index contributed by atoms with van der Waals surface area (Å²) in [7, 11) is 1.73. The molecule has 0 radical (unpaired) electrons. The summed E-state index contributed by atoms with van der Waals surface area (Å²) in [6, 6.07) is 3.71. The first-order chi connectivity index (χ1) is 8.59. The molecule has 0 N–H and O–H groups in total. The summed E-state index contributed by atoms with van der Waals surface area (Å²) in [6.45, 7) is 3.72. The van der Waals surface area contributed by atoms with E-state index in [9.17, 15) is 0 Å². The topological polar surface area (TPSA) is 49.1 Å². The number of hydrogen-bond donors (Lipinski definition) is 0. The average molecular weight is 266 g/mol. The van der Waals surface area contributed by atoms with Gasteiger partial charge in [-0.05, 0) is 25.8 Å². The van der Waals surface area contributed by atoms with Gasteiger partial charge in [0.2, 0.25) is 0 Å². The number of methoxy groups -OCH3 is 1. The fraction of sp³-hybridized carbons (Fsp3) is 0.538. The van der Waals surface area contributed by atoms with Crippen LogP contribution < -0.4 is 4.90 Å². The van der Waals surface area contributed by atoms with Gasteiger partial charge in [-0.25, -0.2) is 4.98 Å². The highest BCUT2D eigenvalue weighted by Crippen LogP contribution is 2.32. The minimum atomic E-state index is -0.175. The Balaban J connectivity index is 2.30. The van der Waals surface area contributed by atoms with E-state index in [0.29, 0.717) is 16.4 Å². The van der Waals surface area contributed by atoms with Gasteiger partial charge in [0.1, 0.15) is 16.9 Å². The number of anilines is 1. The Morgan fingerprint density at radius 1 is 1.61 bits per heavy atom. The molecule has 1 saturated heterocycles. The Kier molecular flexibility index (Phi) is 3.74. The summed E-state index contributed by atoms with van der Waals surface area (Å²) in [6.07, 6.45) is 3.67. The monoisotopic (exact) mass is 265 g/mol. The van der Waals surface area contributed by atoms with Crippen LogP contribution >= 0.6 is 11.6 Å². The quantitative estimate of drug-likeness (QED) is 0.825. The lowest BCUT2D eigenvalue weighted by Gasteiger charge is -2.40. The first-order valence-electron chi connectivity index (χ1n) is 5.94. The van der Waals surface area contributed by atoms with E-state index in [1.54, 1.807) is 19.4 Å². The molecule has 0 aromatic carbocycles. The van der Waals surface area contributed by atoms with Gasteiger partial charge in [-0.2, -0.15) is 5.26 Å². The predicted octanol–water partition coefficient (Wildman–Crippen LogP) is 2.61. The van der Waals surface area contributed by atoms with Crippen molar-refractivity contribution in [2.45, 2.75) is 25.4 Å². The lowest BCUT2D eigenvalue weighted by Crippen LogP contribution is -2.47. The molecule has 1 aromatic heterocycles. The fourth-order valence-corrected chi connectivity index (χ4v) is 2.57. The molecule has 1 atom stereocenters. The lowest BCUT2D eigenvalue weighted by atomic mass is 9.95.